The topological polar surface area (TPSA) is 92.8 Å². The molecule has 0 amide bonds. The third-order valence-corrected chi connectivity index (χ3v) is 8.42. The van der Waals surface area contributed by atoms with Crippen LogP contribution in [0, 0.1) is 18.6 Å². The summed E-state index contributed by atoms with van der Waals surface area (Å²) in [4.78, 5) is 4.35. The highest BCUT2D eigenvalue weighted by molar-refractivity contribution is 7.94. The molecule has 0 saturated heterocycles. The molecular weight excluding hydrogens is 398 g/mol. The minimum Gasteiger partial charge on any atom is -0.388 e. The predicted octanol–water partition coefficient (Wildman–Crippen LogP) is 3.37. The fraction of sp³-hybridized carbons (Fsp3) is 0.381. The highest BCUT2D eigenvalue weighted by atomic mass is 32.2. The van der Waals surface area contributed by atoms with Gasteiger partial charge in [-0.2, -0.15) is 0 Å². The summed E-state index contributed by atoms with van der Waals surface area (Å²) in [6, 6.07) is 8.44. The molecule has 5 nitrogen and oxygen atoms in total. The molecule has 3 atom stereocenters. The van der Waals surface area contributed by atoms with Crippen molar-refractivity contribution in [2.45, 2.75) is 49.3 Å². The van der Waals surface area contributed by atoms with Crippen molar-refractivity contribution in [3.8, 4) is 0 Å². The molecule has 0 spiro atoms. The number of hydrogen-bond donors (Lipinski definition) is 2. The summed E-state index contributed by atoms with van der Waals surface area (Å²) in [7, 11) is -3.95. The first kappa shape index (κ1) is 21.4. The van der Waals surface area contributed by atoms with Crippen molar-refractivity contribution in [1.82, 2.24) is 0 Å². The normalized spacial score (nSPS) is 24.0. The van der Waals surface area contributed by atoms with Crippen LogP contribution in [0.4, 0.5) is 8.78 Å². The van der Waals surface area contributed by atoms with E-state index in [0.717, 1.165) is 5.56 Å². The quantitative estimate of drug-likeness (QED) is 0.790. The van der Waals surface area contributed by atoms with Crippen molar-refractivity contribution in [1.29, 1.82) is 0 Å². The Bertz CT molecular complexity index is 1050. The van der Waals surface area contributed by atoms with Gasteiger partial charge < -0.3 is 10.8 Å². The second-order valence-electron chi connectivity index (χ2n) is 7.88. The highest BCUT2D eigenvalue weighted by Gasteiger charge is 2.51. The van der Waals surface area contributed by atoms with Gasteiger partial charge in [-0.1, -0.05) is 29.8 Å². The maximum absolute atomic E-state index is 14.6. The largest absolute Gasteiger partial charge is 0.388 e. The van der Waals surface area contributed by atoms with E-state index in [0.29, 0.717) is 5.56 Å². The molecule has 2 aromatic rings. The molecule has 0 aliphatic carbocycles. The van der Waals surface area contributed by atoms with Gasteiger partial charge in [-0.05, 0) is 51.0 Å². The van der Waals surface area contributed by atoms with E-state index in [1.807, 2.05) is 0 Å². The second-order valence-corrected chi connectivity index (χ2v) is 10.6. The number of nitrogens with two attached hydrogens (primary N) is 1. The monoisotopic (exact) mass is 422 g/mol. The molecule has 3 rings (SSSR count). The van der Waals surface area contributed by atoms with E-state index in [1.165, 1.54) is 44.2 Å². The fourth-order valence-corrected chi connectivity index (χ4v) is 5.62. The van der Waals surface area contributed by atoms with E-state index in [1.54, 1.807) is 19.1 Å². The predicted molar refractivity (Wildman–Crippen MR) is 108 cm³/mol. The summed E-state index contributed by atoms with van der Waals surface area (Å²) >= 11 is 0. The molecule has 0 radical (unpaired) electrons. The van der Waals surface area contributed by atoms with Crippen LogP contribution in [0.3, 0.4) is 0 Å². The summed E-state index contributed by atoms with van der Waals surface area (Å²) in [5, 5.41) is 9.45. The molecule has 0 aromatic heterocycles. The number of nitrogens with zero attached hydrogens (tertiary/aromatic N) is 1. The zero-order chi connectivity index (χ0) is 21.6. The zero-order valence-electron chi connectivity index (χ0n) is 16.4. The van der Waals surface area contributed by atoms with E-state index >= 15 is 0 Å². The van der Waals surface area contributed by atoms with E-state index in [4.69, 9.17) is 5.73 Å². The lowest BCUT2D eigenvalue weighted by Crippen LogP contribution is -2.55. The molecule has 1 aliphatic rings. The summed E-state index contributed by atoms with van der Waals surface area (Å²) in [5.41, 5.74) is 7.19. The van der Waals surface area contributed by atoms with Crippen molar-refractivity contribution in [2.75, 3.05) is 0 Å². The summed E-state index contributed by atoms with van der Waals surface area (Å²) < 4.78 is 53.1. The van der Waals surface area contributed by atoms with Gasteiger partial charge >= 0.3 is 0 Å². The molecule has 3 unspecified atom stereocenters. The van der Waals surface area contributed by atoms with Crippen LogP contribution in [0.2, 0.25) is 0 Å². The molecular formula is C21H24F2N2O3S. The Morgan fingerprint density at radius 1 is 1.17 bits per heavy atom. The van der Waals surface area contributed by atoms with Gasteiger partial charge in [-0.25, -0.2) is 17.2 Å². The van der Waals surface area contributed by atoms with Crippen LogP contribution in [0.25, 0.3) is 0 Å². The van der Waals surface area contributed by atoms with Gasteiger partial charge in [0, 0.05) is 5.56 Å². The summed E-state index contributed by atoms with van der Waals surface area (Å²) in [6.07, 6.45) is -1.43. The SMILES string of the molecule is Cc1ccc(F)c(C2N=C(N)C(C)(C)S(=O)(=O)C2CC(O)c2ccc(F)cc2)c1. The van der Waals surface area contributed by atoms with Gasteiger partial charge in [-0.15, -0.1) is 0 Å². The minimum absolute atomic E-state index is 0.101. The van der Waals surface area contributed by atoms with Gasteiger partial charge in [-0.3, -0.25) is 4.99 Å². The lowest BCUT2D eigenvalue weighted by Gasteiger charge is -2.39. The van der Waals surface area contributed by atoms with E-state index in [2.05, 4.69) is 4.99 Å². The van der Waals surface area contributed by atoms with Crippen LogP contribution in [0.15, 0.2) is 47.5 Å². The summed E-state index contributed by atoms with van der Waals surface area (Å²) in [5.74, 6) is -1.16. The number of aliphatic hydroxyl groups excluding tert-OH is 1. The van der Waals surface area contributed by atoms with E-state index in [9.17, 15) is 22.3 Å². The van der Waals surface area contributed by atoms with Crippen LogP contribution in [0.1, 0.15) is 49.1 Å². The van der Waals surface area contributed by atoms with Crippen LogP contribution in [0.5, 0.6) is 0 Å². The van der Waals surface area contributed by atoms with Crippen LogP contribution < -0.4 is 5.73 Å². The van der Waals surface area contributed by atoms with E-state index < -0.39 is 43.6 Å². The van der Waals surface area contributed by atoms with Crippen LogP contribution in [-0.2, 0) is 9.84 Å². The maximum Gasteiger partial charge on any atom is 0.168 e. The Morgan fingerprint density at radius 2 is 1.79 bits per heavy atom. The third kappa shape index (κ3) is 3.79. The smallest absolute Gasteiger partial charge is 0.168 e. The number of sulfone groups is 1. The minimum atomic E-state index is -3.95. The zero-order valence-corrected chi connectivity index (χ0v) is 17.2. The number of aliphatic imine (C=N–C) groups is 1. The van der Waals surface area contributed by atoms with Crippen molar-refractivity contribution in [2.24, 2.45) is 10.7 Å². The number of aliphatic hydroxyl groups is 1. The Balaban J connectivity index is 2.10. The molecule has 3 N–H and O–H groups in total. The molecule has 0 fully saturated rings. The lowest BCUT2D eigenvalue weighted by molar-refractivity contribution is 0.161. The second kappa shape index (κ2) is 7.50. The Labute approximate surface area is 169 Å². The van der Waals surface area contributed by atoms with Gasteiger partial charge in [0.1, 0.15) is 22.2 Å². The van der Waals surface area contributed by atoms with Crippen molar-refractivity contribution in [3.05, 3.63) is 70.8 Å². The van der Waals surface area contributed by atoms with Gasteiger partial charge in [0.05, 0.1) is 17.4 Å². The van der Waals surface area contributed by atoms with Crippen molar-refractivity contribution >= 4 is 15.7 Å². The number of aryl methyl sites for hydroxylation is 1. The lowest BCUT2D eigenvalue weighted by atomic mass is 9.95. The first-order chi connectivity index (χ1) is 13.4. The number of rotatable bonds is 4. The molecule has 0 bridgehead atoms. The Kier molecular flexibility index (Phi) is 5.53. The number of benzene rings is 2. The van der Waals surface area contributed by atoms with Crippen molar-refractivity contribution in [3.63, 3.8) is 0 Å². The maximum atomic E-state index is 14.6. The van der Waals surface area contributed by atoms with Crippen molar-refractivity contribution < 1.29 is 22.3 Å². The number of hydrogen-bond acceptors (Lipinski definition) is 5. The van der Waals surface area contributed by atoms with Gasteiger partial charge in [0.15, 0.2) is 9.84 Å². The third-order valence-electron chi connectivity index (χ3n) is 5.54. The van der Waals surface area contributed by atoms with Gasteiger partial charge in [0.25, 0.3) is 0 Å². The average Bonchev–Trinajstić information content (AvgIpc) is 2.65. The first-order valence-electron chi connectivity index (χ1n) is 9.22. The Hall–Kier alpha value is -2.32. The molecule has 1 heterocycles. The fourth-order valence-electron chi connectivity index (χ4n) is 3.54. The van der Waals surface area contributed by atoms with Crippen LogP contribution >= 0.6 is 0 Å². The highest BCUT2D eigenvalue weighted by Crippen LogP contribution is 2.42. The van der Waals surface area contributed by atoms with Crippen LogP contribution in [-0.4, -0.2) is 29.4 Å². The number of halogens is 2. The van der Waals surface area contributed by atoms with Gasteiger partial charge in [0.2, 0.25) is 0 Å². The molecule has 156 valence electrons. The summed E-state index contributed by atoms with van der Waals surface area (Å²) in [6.45, 7) is 4.65. The number of amidine groups is 1. The average molecular weight is 422 g/mol. The molecule has 0 saturated carbocycles. The Morgan fingerprint density at radius 3 is 2.41 bits per heavy atom. The standard InChI is InChI=1S/C21H24F2N2O3S/c1-12-4-9-16(23)15(10-12)19-18(29(27,28)21(2,3)20(24)25-19)11-17(26)13-5-7-14(22)8-6-13/h4-10,17-19,26H,11H2,1-3H3,(H2,24,25). The molecule has 8 heteroatoms. The molecule has 1 aliphatic heterocycles. The first-order valence-corrected chi connectivity index (χ1v) is 10.8. The molecule has 29 heavy (non-hydrogen) atoms. The van der Waals surface area contributed by atoms with E-state index in [-0.39, 0.29) is 17.8 Å². The molecule has 2 aromatic carbocycles.